The molecule has 2 aromatic rings. The maximum atomic E-state index is 12.1. The Morgan fingerprint density at radius 3 is 2.67 bits per heavy atom. The molecule has 0 aliphatic heterocycles. The van der Waals surface area contributed by atoms with Crippen LogP contribution >= 0.6 is 11.3 Å². The van der Waals surface area contributed by atoms with Crippen molar-refractivity contribution >= 4 is 28.8 Å². The number of nitrogens with one attached hydrogen (secondary N) is 2. The van der Waals surface area contributed by atoms with Gasteiger partial charge in [-0.1, -0.05) is 29.0 Å². The van der Waals surface area contributed by atoms with Gasteiger partial charge in [0, 0.05) is 32.2 Å². The Kier molecular flexibility index (Phi) is 6.83. The molecule has 1 heterocycles. The lowest BCUT2D eigenvalue weighted by Gasteiger charge is -2.03. The lowest BCUT2D eigenvalue weighted by atomic mass is 10.2. The Morgan fingerprint density at radius 2 is 1.96 bits per heavy atom. The summed E-state index contributed by atoms with van der Waals surface area (Å²) in [5, 5.41) is 14.3. The van der Waals surface area contributed by atoms with Crippen molar-refractivity contribution in [2.45, 2.75) is 19.8 Å². The van der Waals surface area contributed by atoms with Crippen LogP contribution in [0.2, 0.25) is 0 Å². The topological polar surface area (TPSA) is 93.2 Å². The quantitative estimate of drug-likeness (QED) is 0.710. The minimum absolute atomic E-state index is 0.0760. The second-order valence-electron chi connectivity index (χ2n) is 5.16. The summed E-state index contributed by atoms with van der Waals surface area (Å²) in [6.07, 6.45) is 0.756. The smallest absolute Gasteiger partial charge is 0.286 e. The monoisotopic (exact) mass is 348 g/mol. The molecule has 24 heavy (non-hydrogen) atoms. The van der Waals surface area contributed by atoms with Crippen molar-refractivity contribution in [3.63, 3.8) is 0 Å². The van der Waals surface area contributed by atoms with Crippen LogP contribution < -0.4 is 10.6 Å². The highest BCUT2D eigenvalue weighted by Gasteiger charge is 2.14. The Morgan fingerprint density at radius 1 is 1.21 bits per heavy atom. The Balaban J connectivity index is 1.82. The molecule has 0 spiro atoms. The number of anilines is 1. The van der Waals surface area contributed by atoms with Crippen LogP contribution in [0.15, 0.2) is 24.3 Å². The molecule has 2 rings (SSSR count). The summed E-state index contributed by atoms with van der Waals surface area (Å²) in [5.74, 6) is -0.375. The van der Waals surface area contributed by atoms with E-state index in [9.17, 15) is 9.59 Å². The SMILES string of the molecule is COCCNC(=O)CCc1nnc(C(=O)Nc2ccc(C)cc2)s1. The third-order valence-corrected chi connectivity index (χ3v) is 4.15. The van der Waals surface area contributed by atoms with Gasteiger partial charge in [0.1, 0.15) is 5.01 Å². The molecule has 1 aromatic heterocycles. The summed E-state index contributed by atoms with van der Waals surface area (Å²) in [7, 11) is 1.58. The number of hydrogen-bond acceptors (Lipinski definition) is 6. The normalized spacial score (nSPS) is 10.4. The van der Waals surface area contributed by atoms with Crippen LogP contribution in [0, 0.1) is 6.92 Å². The molecule has 7 nitrogen and oxygen atoms in total. The van der Waals surface area contributed by atoms with E-state index < -0.39 is 0 Å². The standard InChI is InChI=1S/C16H20N4O3S/c1-11-3-5-12(6-4-11)18-15(22)16-20-19-14(24-16)8-7-13(21)17-9-10-23-2/h3-6H,7-10H2,1-2H3,(H,17,21)(H,18,22). The van der Waals surface area contributed by atoms with Crippen LogP contribution in [0.5, 0.6) is 0 Å². The van der Waals surface area contributed by atoms with Gasteiger partial charge in [0.15, 0.2) is 0 Å². The fraction of sp³-hybridized carbons (Fsp3) is 0.375. The fourth-order valence-electron chi connectivity index (χ4n) is 1.87. The predicted octanol–water partition coefficient (Wildman–Crippen LogP) is 1.79. The highest BCUT2D eigenvalue weighted by Crippen LogP contribution is 2.15. The van der Waals surface area contributed by atoms with E-state index in [1.54, 1.807) is 7.11 Å². The van der Waals surface area contributed by atoms with Gasteiger partial charge in [0.25, 0.3) is 5.91 Å². The van der Waals surface area contributed by atoms with Gasteiger partial charge in [-0.3, -0.25) is 9.59 Å². The predicted molar refractivity (Wildman–Crippen MR) is 92.2 cm³/mol. The van der Waals surface area contributed by atoms with Crippen LogP contribution in [0.3, 0.4) is 0 Å². The van der Waals surface area contributed by atoms with E-state index >= 15 is 0 Å². The number of carbonyl (C=O) groups is 2. The molecule has 0 aliphatic carbocycles. The van der Waals surface area contributed by atoms with Crippen molar-refractivity contribution < 1.29 is 14.3 Å². The molecule has 0 saturated heterocycles. The molecular weight excluding hydrogens is 328 g/mol. The molecule has 0 unspecified atom stereocenters. The maximum Gasteiger partial charge on any atom is 0.286 e. The number of methoxy groups -OCH3 is 1. The number of carbonyl (C=O) groups excluding carboxylic acids is 2. The minimum atomic E-state index is -0.299. The van der Waals surface area contributed by atoms with Gasteiger partial charge in [-0.2, -0.15) is 0 Å². The average Bonchev–Trinajstić information content (AvgIpc) is 3.04. The minimum Gasteiger partial charge on any atom is -0.383 e. The summed E-state index contributed by atoms with van der Waals surface area (Å²) in [5.41, 5.74) is 1.83. The van der Waals surface area contributed by atoms with E-state index in [2.05, 4.69) is 20.8 Å². The lowest BCUT2D eigenvalue weighted by Crippen LogP contribution is -2.27. The van der Waals surface area contributed by atoms with Gasteiger partial charge in [0.05, 0.1) is 6.61 Å². The van der Waals surface area contributed by atoms with Crippen LogP contribution in [-0.2, 0) is 16.0 Å². The molecule has 0 atom stereocenters. The number of amides is 2. The number of aromatic nitrogens is 2. The van der Waals surface area contributed by atoms with Crippen LogP contribution in [0.4, 0.5) is 5.69 Å². The molecule has 1 aromatic carbocycles. The number of aryl methyl sites for hydroxylation is 2. The number of rotatable bonds is 8. The fourth-order valence-corrected chi connectivity index (χ4v) is 2.60. The number of benzene rings is 1. The summed E-state index contributed by atoms with van der Waals surface area (Å²) in [6, 6.07) is 7.51. The van der Waals surface area contributed by atoms with Gasteiger partial charge in [-0.25, -0.2) is 0 Å². The van der Waals surface area contributed by atoms with Crippen LogP contribution in [-0.4, -0.2) is 42.3 Å². The summed E-state index contributed by atoms with van der Waals surface area (Å²) < 4.78 is 4.86. The van der Waals surface area contributed by atoms with E-state index in [0.717, 1.165) is 5.56 Å². The third kappa shape index (κ3) is 5.71. The van der Waals surface area contributed by atoms with Crippen molar-refractivity contribution in [3.05, 3.63) is 39.8 Å². The number of ether oxygens (including phenoxy) is 1. The first kappa shape index (κ1) is 18.0. The molecule has 8 heteroatoms. The van der Waals surface area contributed by atoms with E-state index in [4.69, 9.17) is 4.74 Å². The van der Waals surface area contributed by atoms with Gasteiger partial charge in [-0.15, -0.1) is 10.2 Å². The molecule has 128 valence electrons. The Hall–Kier alpha value is -2.32. The molecule has 0 radical (unpaired) electrons. The first-order valence-corrected chi connectivity index (χ1v) is 8.36. The van der Waals surface area contributed by atoms with E-state index in [-0.39, 0.29) is 16.8 Å². The lowest BCUT2D eigenvalue weighted by molar-refractivity contribution is -0.121. The number of nitrogens with zero attached hydrogens (tertiary/aromatic N) is 2. The van der Waals surface area contributed by atoms with E-state index in [1.165, 1.54) is 11.3 Å². The second-order valence-corrected chi connectivity index (χ2v) is 6.23. The molecule has 0 aliphatic rings. The van der Waals surface area contributed by atoms with Gasteiger partial charge in [0.2, 0.25) is 10.9 Å². The first-order valence-electron chi connectivity index (χ1n) is 7.54. The molecule has 0 fully saturated rings. The van der Waals surface area contributed by atoms with E-state index in [1.807, 2.05) is 31.2 Å². The molecule has 0 saturated carbocycles. The van der Waals surface area contributed by atoms with Crippen molar-refractivity contribution in [3.8, 4) is 0 Å². The second kappa shape index (κ2) is 9.09. The first-order chi connectivity index (χ1) is 11.6. The zero-order chi connectivity index (χ0) is 17.4. The van der Waals surface area contributed by atoms with Gasteiger partial charge < -0.3 is 15.4 Å². The summed E-state index contributed by atoms with van der Waals surface area (Å²) in [4.78, 5) is 23.7. The highest BCUT2D eigenvalue weighted by atomic mass is 32.1. The zero-order valence-corrected chi connectivity index (χ0v) is 14.5. The summed E-state index contributed by atoms with van der Waals surface area (Å²) >= 11 is 1.19. The third-order valence-electron chi connectivity index (χ3n) is 3.16. The maximum absolute atomic E-state index is 12.1. The van der Waals surface area contributed by atoms with Crippen molar-refractivity contribution in [2.24, 2.45) is 0 Å². The Bertz CT molecular complexity index is 685. The zero-order valence-electron chi connectivity index (χ0n) is 13.7. The largest absolute Gasteiger partial charge is 0.383 e. The van der Waals surface area contributed by atoms with Crippen LogP contribution in [0.25, 0.3) is 0 Å². The highest BCUT2D eigenvalue weighted by molar-refractivity contribution is 7.13. The van der Waals surface area contributed by atoms with Gasteiger partial charge >= 0.3 is 0 Å². The molecular formula is C16H20N4O3S. The molecule has 0 bridgehead atoms. The van der Waals surface area contributed by atoms with Crippen molar-refractivity contribution in [2.75, 3.05) is 25.6 Å². The Labute approximate surface area is 144 Å². The van der Waals surface area contributed by atoms with Crippen molar-refractivity contribution in [1.29, 1.82) is 0 Å². The van der Waals surface area contributed by atoms with E-state index in [0.29, 0.717) is 36.7 Å². The van der Waals surface area contributed by atoms with Crippen LogP contribution in [0.1, 0.15) is 26.8 Å². The van der Waals surface area contributed by atoms with Gasteiger partial charge in [-0.05, 0) is 19.1 Å². The average molecular weight is 348 g/mol. The molecule has 2 amide bonds. The van der Waals surface area contributed by atoms with Crippen molar-refractivity contribution in [1.82, 2.24) is 15.5 Å². The molecule has 2 N–H and O–H groups in total. The number of hydrogen-bond donors (Lipinski definition) is 2. The summed E-state index contributed by atoms with van der Waals surface area (Å²) in [6.45, 7) is 2.94.